The molecule has 0 radical (unpaired) electrons. The van der Waals surface area contributed by atoms with Gasteiger partial charge in [-0.05, 0) is 24.3 Å². The lowest BCUT2D eigenvalue weighted by atomic mass is 10.1. The van der Waals surface area contributed by atoms with Crippen LogP contribution in [0.4, 0.5) is 0 Å². The van der Waals surface area contributed by atoms with Crippen molar-refractivity contribution >= 4 is 5.91 Å². The number of hydrogen-bond acceptors (Lipinski definition) is 4. The molecule has 0 spiro atoms. The van der Waals surface area contributed by atoms with Crippen molar-refractivity contribution in [3.05, 3.63) is 65.7 Å². The summed E-state index contributed by atoms with van der Waals surface area (Å²) in [5.74, 6) is 1.15. The van der Waals surface area contributed by atoms with E-state index in [2.05, 4.69) is 5.16 Å². The molecule has 4 rings (SSSR count). The summed E-state index contributed by atoms with van der Waals surface area (Å²) in [5, 5.41) is 4.17. The van der Waals surface area contributed by atoms with E-state index in [1.54, 1.807) is 17.0 Å². The summed E-state index contributed by atoms with van der Waals surface area (Å²) in [5.41, 5.74) is 1.89. The van der Waals surface area contributed by atoms with E-state index in [4.69, 9.17) is 8.94 Å². The molecule has 0 N–H and O–H groups in total. The van der Waals surface area contributed by atoms with Crippen molar-refractivity contribution in [1.29, 1.82) is 0 Å². The fourth-order valence-corrected chi connectivity index (χ4v) is 2.77. The van der Waals surface area contributed by atoms with E-state index in [0.717, 1.165) is 17.0 Å². The van der Waals surface area contributed by atoms with Crippen LogP contribution in [0.5, 0.6) is 0 Å². The van der Waals surface area contributed by atoms with Crippen LogP contribution in [0.2, 0.25) is 0 Å². The van der Waals surface area contributed by atoms with E-state index in [1.807, 2.05) is 29.1 Å². The predicted octanol–water partition coefficient (Wildman–Crippen LogP) is 2.32. The zero-order chi connectivity index (χ0) is 14.9. The summed E-state index contributed by atoms with van der Waals surface area (Å²) in [7, 11) is 0. The van der Waals surface area contributed by atoms with Gasteiger partial charge in [0.2, 0.25) is 0 Å². The molecule has 3 aromatic rings. The van der Waals surface area contributed by atoms with Gasteiger partial charge in [0, 0.05) is 30.9 Å². The minimum Gasteiger partial charge on any atom is -0.459 e. The first kappa shape index (κ1) is 12.9. The van der Waals surface area contributed by atoms with Crippen LogP contribution in [-0.4, -0.2) is 27.1 Å². The number of nitrogens with zero attached hydrogens (tertiary/aromatic N) is 3. The van der Waals surface area contributed by atoms with Crippen LogP contribution in [0.1, 0.15) is 27.6 Å². The lowest BCUT2D eigenvalue weighted by molar-refractivity contribution is 0.0696. The SMILES string of the molecule is O=C(c1ccco1)N1CCc2onc(Cn3cccc3)c2C1. The molecular weight excluding hydrogens is 282 g/mol. The summed E-state index contributed by atoms with van der Waals surface area (Å²) >= 11 is 0. The Morgan fingerprint density at radius 3 is 2.91 bits per heavy atom. The Hall–Kier alpha value is -2.76. The van der Waals surface area contributed by atoms with Crippen LogP contribution < -0.4 is 0 Å². The summed E-state index contributed by atoms with van der Waals surface area (Å²) in [4.78, 5) is 14.2. The molecule has 0 saturated carbocycles. The van der Waals surface area contributed by atoms with Crippen LogP contribution in [0.25, 0.3) is 0 Å². The normalized spacial score (nSPS) is 14.1. The van der Waals surface area contributed by atoms with Gasteiger partial charge in [0.05, 0.1) is 19.4 Å². The third kappa shape index (κ3) is 2.22. The molecule has 3 aromatic heterocycles. The number of carbonyl (C=O) groups excluding carboxylic acids is 1. The highest BCUT2D eigenvalue weighted by Crippen LogP contribution is 2.24. The second-order valence-corrected chi connectivity index (χ2v) is 5.34. The Balaban J connectivity index is 1.57. The Kier molecular flexibility index (Phi) is 3.07. The molecule has 0 atom stereocenters. The fourth-order valence-electron chi connectivity index (χ4n) is 2.77. The second-order valence-electron chi connectivity index (χ2n) is 5.34. The number of hydrogen-bond donors (Lipinski definition) is 0. The third-order valence-corrected chi connectivity index (χ3v) is 3.93. The van der Waals surface area contributed by atoms with E-state index in [0.29, 0.717) is 31.8 Å². The van der Waals surface area contributed by atoms with Gasteiger partial charge in [-0.1, -0.05) is 5.16 Å². The average Bonchev–Trinajstić information content (AvgIpc) is 3.29. The van der Waals surface area contributed by atoms with E-state index in [-0.39, 0.29) is 5.91 Å². The molecule has 22 heavy (non-hydrogen) atoms. The van der Waals surface area contributed by atoms with Crippen molar-refractivity contribution < 1.29 is 13.7 Å². The lowest BCUT2D eigenvalue weighted by Gasteiger charge is -2.25. The van der Waals surface area contributed by atoms with Gasteiger partial charge in [0.25, 0.3) is 5.91 Å². The van der Waals surface area contributed by atoms with Crippen LogP contribution >= 0.6 is 0 Å². The molecule has 4 heterocycles. The minimum absolute atomic E-state index is 0.0937. The number of fused-ring (bicyclic) bond motifs is 1. The lowest BCUT2D eigenvalue weighted by Crippen LogP contribution is -2.35. The Morgan fingerprint density at radius 2 is 2.14 bits per heavy atom. The van der Waals surface area contributed by atoms with Gasteiger partial charge in [-0.3, -0.25) is 4.79 Å². The number of carbonyl (C=O) groups is 1. The number of amides is 1. The van der Waals surface area contributed by atoms with Crippen molar-refractivity contribution in [2.45, 2.75) is 19.5 Å². The summed E-state index contributed by atoms with van der Waals surface area (Å²) in [6.45, 7) is 1.77. The maximum Gasteiger partial charge on any atom is 0.289 e. The van der Waals surface area contributed by atoms with E-state index < -0.39 is 0 Å². The Labute approximate surface area is 126 Å². The number of aromatic nitrogens is 2. The second kappa shape index (κ2) is 5.22. The van der Waals surface area contributed by atoms with Crippen molar-refractivity contribution in [1.82, 2.24) is 14.6 Å². The first-order valence-corrected chi connectivity index (χ1v) is 7.21. The van der Waals surface area contributed by atoms with Gasteiger partial charge < -0.3 is 18.4 Å². The standard InChI is InChI=1S/C16H15N3O3/c20-16(15-4-3-9-21-15)19-8-5-14-12(10-19)13(17-22-14)11-18-6-1-2-7-18/h1-4,6-7,9H,5,8,10-11H2. The zero-order valence-electron chi connectivity index (χ0n) is 11.9. The first-order chi connectivity index (χ1) is 10.8. The monoisotopic (exact) mass is 297 g/mol. The molecule has 0 fully saturated rings. The van der Waals surface area contributed by atoms with Gasteiger partial charge in [-0.15, -0.1) is 0 Å². The van der Waals surface area contributed by atoms with E-state index in [1.165, 1.54) is 6.26 Å². The number of rotatable bonds is 3. The average molecular weight is 297 g/mol. The molecule has 0 bridgehead atoms. The largest absolute Gasteiger partial charge is 0.459 e. The maximum absolute atomic E-state index is 12.4. The van der Waals surface area contributed by atoms with Gasteiger partial charge in [0.1, 0.15) is 11.5 Å². The molecule has 1 amide bonds. The summed E-state index contributed by atoms with van der Waals surface area (Å²) in [6.07, 6.45) is 6.16. The molecule has 1 aliphatic rings. The van der Waals surface area contributed by atoms with Gasteiger partial charge in [0.15, 0.2) is 5.76 Å². The molecule has 0 aliphatic carbocycles. The number of furan rings is 1. The molecule has 0 aromatic carbocycles. The smallest absolute Gasteiger partial charge is 0.289 e. The molecule has 1 aliphatic heterocycles. The summed E-state index contributed by atoms with van der Waals surface area (Å²) in [6, 6.07) is 7.35. The Morgan fingerprint density at radius 1 is 1.27 bits per heavy atom. The fraction of sp³-hybridized carbons (Fsp3) is 0.250. The maximum atomic E-state index is 12.4. The topological polar surface area (TPSA) is 64.4 Å². The highest BCUT2D eigenvalue weighted by molar-refractivity contribution is 5.91. The van der Waals surface area contributed by atoms with Crippen LogP contribution in [-0.2, 0) is 19.5 Å². The van der Waals surface area contributed by atoms with E-state index >= 15 is 0 Å². The molecule has 6 nitrogen and oxygen atoms in total. The van der Waals surface area contributed by atoms with Gasteiger partial charge >= 0.3 is 0 Å². The Bertz CT molecular complexity index is 772. The van der Waals surface area contributed by atoms with Crippen molar-refractivity contribution in [3.63, 3.8) is 0 Å². The molecule has 0 saturated heterocycles. The van der Waals surface area contributed by atoms with Crippen LogP contribution in [0.15, 0.2) is 51.9 Å². The van der Waals surface area contributed by atoms with Crippen LogP contribution in [0.3, 0.4) is 0 Å². The minimum atomic E-state index is -0.0937. The van der Waals surface area contributed by atoms with E-state index in [9.17, 15) is 4.79 Å². The molecule has 112 valence electrons. The van der Waals surface area contributed by atoms with Gasteiger partial charge in [-0.2, -0.15) is 0 Å². The molecule has 0 unspecified atom stereocenters. The first-order valence-electron chi connectivity index (χ1n) is 7.21. The zero-order valence-corrected chi connectivity index (χ0v) is 11.9. The van der Waals surface area contributed by atoms with Crippen LogP contribution in [0, 0.1) is 0 Å². The molecular formula is C16H15N3O3. The third-order valence-electron chi connectivity index (χ3n) is 3.93. The highest BCUT2D eigenvalue weighted by atomic mass is 16.5. The van der Waals surface area contributed by atoms with Gasteiger partial charge in [-0.25, -0.2) is 0 Å². The van der Waals surface area contributed by atoms with Crippen molar-refractivity contribution in [2.24, 2.45) is 0 Å². The quantitative estimate of drug-likeness (QED) is 0.744. The predicted molar refractivity (Wildman–Crippen MR) is 77.2 cm³/mol. The van der Waals surface area contributed by atoms with Crippen molar-refractivity contribution in [3.8, 4) is 0 Å². The highest BCUT2D eigenvalue weighted by Gasteiger charge is 2.28. The van der Waals surface area contributed by atoms with Crippen molar-refractivity contribution in [2.75, 3.05) is 6.54 Å². The molecule has 6 heteroatoms. The summed E-state index contributed by atoms with van der Waals surface area (Å²) < 4.78 is 12.7.